The van der Waals surface area contributed by atoms with Crippen LogP contribution in [-0.4, -0.2) is 26.2 Å². The molecule has 4 radical (unpaired) electrons. The molecule has 0 unspecified atom stereocenters. The average Bonchev–Trinajstić information content (AvgIpc) is 2.51. The first-order valence-electron chi connectivity index (χ1n) is 6.68. The monoisotopic (exact) mass is 536 g/mol. The van der Waals surface area contributed by atoms with Gasteiger partial charge in [0.15, 0.2) is 0 Å². The molecular weight excluding hydrogens is 520 g/mol. The van der Waals surface area contributed by atoms with Gasteiger partial charge in [0.05, 0.1) is 6.08 Å². The van der Waals surface area contributed by atoms with Crippen LogP contribution in [0.2, 0.25) is 0 Å². The molecule has 0 atom stereocenters. The Bertz CT molecular complexity index is 631. The van der Waals surface area contributed by atoms with E-state index in [1.165, 1.54) is 16.7 Å². The van der Waals surface area contributed by atoms with E-state index in [0.717, 1.165) is 6.42 Å². The number of hydrogen-bond acceptors (Lipinski definition) is 0. The summed E-state index contributed by atoms with van der Waals surface area (Å²) in [5.74, 6) is 0. The minimum atomic E-state index is 0. The maximum atomic E-state index is 3.20. The van der Waals surface area contributed by atoms with Crippen molar-refractivity contribution in [3.8, 4) is 0 Å². The Balaban J connectivity index is 0. The molecule has 3 heteroatoms. The molecule has 0 aromatic heterocycles. The fourth-order valence-corrected chi connectivity index (χ4v) is 1.76. The second-order valence-electron chi connectivity index (χ2n) is 4.53. The van der Waals surface area contributed by atoms with Crippen molar-refractivity contribution in [3.05, 3.63) is 108 Å². The summed E-state index contributed by atoms with van der Waals surface area (Å²) in [6.45, 7) is 2.06. The molecule has 0 saturated heterocycles. The first kappa shape index (κ1) is 24.2. The van der Waals surface area contributed by atoms with Crippen LogP contribution < -0.4 is 24.8 Å². The third-order valence-corrected chi connectivity index (χ3v) is 2.81. The number of rotatable bonds is 2. The Labute approximate surface area is 171 Å². The van der Waals surface area contributed by atoms with Gasteiger partial charge in [-0.05, 0) is 19.1 Å². The molecule has 116 valence electrons. The normalized spacial score (nSPS) is 15.1. The predicted octanol–water partition coefficient (Wildman–Crippen LogP) is -1.42. The molecule has 0 nitrogen and oxygen atoms in total. The van der Waals surface area contributed by atoms with Crippen LogP contribution in [0.4, 0.5) is 0 Å². The first-order valence-corrected chi connectivity index (χ1v) is 6.68. The quantitative estimate of drug-likeness (QED) is 0.231. The summed E-state index contributed by atoms with van der Waals surface area (Å²) in [5.41, 5.74) is 9.85. The van der Waals surface area contributed by atoms with Gasteiger partial charge in [-0.25, -0.2) is 0 Å². The van der Waals surface area contributed by atoms with Gasteiger partial charge in [0.1, 0.15) is 11.6 Å². The summed E-state index contributed by atoms with van der Waals surface area (Å²) in [6, 6.07) is 0. The third kappa shape index (κ3) is 10.4. The molecular formula is C20H17BiCl2. The van der Waals surface area contributed by atoms with Crippen LogP contribution in [0.1, 0.15) is 13.3 Å². The smallest absolute Gasteiger partial charge is 1.00 e. The number of hydrogen-bond donors (Lipinski definition) is 0. The third-order valence-electron chi connectivity index (χ3n) is 2.81. The topological polar surface area (TPSA) is 0 Å². The Hall–Kier alpha value is -1.02. The van der Waals surface area contributed by atoms with Crippen LogP contribution in [-0.2, 0) is 0 Å². The Morgan fingerprint density at radius 3 is 2.43 bits per heavy atom. The van der Waals surface area contributed by atoms with Gasteiger partial charge in [-0.2, -0.15) is 18.6 Å². The van der Waals surface area contributed by atoms with Crippen LogP contribution in [0.5, 0.6) is 0 Å². The van der Waals surface area contributed by atoms with Gasteiger partial charge >= 0.3 is 26.2 Å². The molecule has 3 aliphatic rings. The summed E-state index contributed by atoms with van der Waals surface area (Å²) >= 11 is 0. The summed E-state index contributed by atoms with van der Waals surface area (Å²) in [6.07, 6.45) is 28.1. The molecule has 0 N–H and O–H groups in total. The molecule has 0 aromatic rings. The van der Waals surface area contributed by atoms with Crippen molar-refractivity contribution in [1.82, 2.24) is 0 Å². The predicted molar refractivity (Wildman–Crippen MR) is 91.2 cm³/mol. The van der Waals surface area contributed by atoms with Crippen molar-refractivity contribution in [2.75, 3.05) is 0 Å². The van der Waals surface area contributed by atoms with Gasteiger partial charge in [0, 0.05) is 31.1 Å². The fraction of sp³-hybridized carbons (Fsp3) is 0.100. The maximum Gasteiger partial charge on any atom is 2.00 e. The van der Waals surface area contributed by atoms with Crippen molar-refractivity contribution < 1.29 is 24.8 Å². The van der Waals surface area contributed by atoms with Gasteiger partial charge < -0.3 is 24.8 Å². The summed E-state index contributed by atoms with van der Waals surface area (Å²) in [4.78, 5) is 0. The molecule has 0 saturated carbocycles. The van der Waals surface area contributed by atoms with Gasteiger partial charge in [-0.1, -0.05) is 11.6 Å². The molecule has 3 rings (SSSR count). The van der Waals surface area contributed by atoms with Crippen LogP contribution in [0.15, 0.2) is 88.9 Å². The number of allylic oxidation sites excluding steroid dienone is 12. The summed E-state index contributed by atoms with van der Waals surface area (Å²) in [7, 11) is 0. The van der Waals surface area contributed by atoms with Crippen LogP contribution >= 0.6 is 0 Å². The SMILES string of the molecule is C1=C[CH-]C=CC=1CC1=CC=CC=[C+]1.CC1=CC=C=C[CH]1.[Bi+2].[Cl-].[Cl-]. The van der Waals surface area contributed by atoms with Crippen molar-refractivity contribution >= 4 is 26.2 Å². The second kappa shape index (κ2) is 14.6. The van der Waals surface area contributed by atoms with Crippen molar-refractivity contribution in [3.63, 3.8) is 0 Å². The standard InChI is InChI=1S/C13H10.C7H7.Bi.2ClH/c1-3-7-12(8-4-1)11-13-9-5-2-6-10-13;1-7-5-3-2-4-6-7;;;/h1-7,9H,11H2;3-6H,1H3;;2*1H/q;;+2;;/p-2. The van der Waals surface area contributed by atoms with Gasteiger partial charge in [-0.15, -0.1) is 17.4 Å². The molecule has 0 amide bonds. The Kier molecular flexibility index (Phi) is 15.4. The van der Waals surface area contributed by atoms with Gasteiger partial charge in [-0.3, -0.25) is 5.73 Å². The van der Waals surface area contributed by atoms with E-state index in [4.69, 9.17) is 0 Å². The average molecular weight is 537 g/mol. The van der Waals surface area contributed by atoms with Crippen molar-refractivity contribution in [2.45, 2.75) is 13.3 Å². The van der Waals surface area contributed by atoms with Crippen LogP contribution in [0.3, 0.4) is 0 Å². The van der Waals surface area contributed by atoms with E-state index >= 15 is 0 Å². The molecule has 23 heavy (non-hydrogen) atoms. The molecule has 0 heterocycles. The second-order valence-corrected chi connectivity index (χ2v) is 4.53. The van der Waals surface area contributed by atoms with Crippen molar-refractivity contribution in [2.24, 2.45) is 0 Å². The zero-order valence-corrected chi connectivity index (χ0v) is 17.8. The maximum absolute atomic E-state index is 3.20. The van der Waals surface area contributed by atoms with E-state index in [2.05, 4.69) is 36.6 Å². The van der Waals surface area contributed by atoms with E-state index in [-0.39, 0.29) is 51.0 Å². The van der Waals surface area contributed by atoms with E-state index in [0.29, 0.717) is 0 Å². The number of halogens is 2. The molecule has 0 aliphatic heterocycles. The summed E-state index contributed by atoms with van der Waals surface area (Å²) < 4.78 is 0. The molecule has 0 aromatic carbocycles. The molecule has 0 bridgehead atoms. The van der Waals surface area contributed by atoms with E-state index < -0.39 is 0 Å². The zero-order chi connectivity index (χ0) is 14.0. The first-order chi connectivity index (χ1) is 9.84. The van der Waals surface area contributed by atoms with Gasteiger partial charge in [0.2, 0.25) is 0 Å². The van der Waals surface area contributed by atoms with E-state index in [9.17, 15) is 0 Å². The Morgan fingerprint density at radius 1 is 1.13 bits per heavy atom. The minimum absolute atomic E-state index is 0. The molecule has 0 spiro atoms. The molecule has 0 fully saturated rings. The Morgan fingerprint density at radius 2 is 1.96 bits per heavy atom. The van der Waals surface area contributed by atoms with Crippen LogP contribution in [0.25, 0.3) is 0 Å². The fourth-order valence-electron chi connectivity index (χ4n) is 1.76. The largest absolute Gasteiger partial charge is 2.00 e. The summed E-state index contributed by atoms with van der Waals surface area (Å²) in [5, 5.41) is 0. The van der Waals surface area contributed by atoms with Crippen LogP contribution in [0, 0.1) is 18.9 Å². The van der Waals surface area contributed by atoms with E-state index in [1.807, 2.05) is 61.4 Å². The zero-order valence-electron chi connectivity index (χ0n) is 12.8. The van der Waals surface area contributed by atoms with E-state index in [1.54, 1.807) is 0 Å². The van der Waals surface area contributed by atoms with Crippen molar-refractivity contribution in [1.29, 1.82) is 0 Å². The molecule has 3 aliphatic carbocycles. The van der Waals surface area contributed by atoms with Gasteiger partial charge in [0.25, 0.3) is 0 Å². The minimum Gasteiger partial charge on any atom is -1.00 e.